The Morgan fingerprint density at radius 2 is 1.75 bits per heavy atom. The molecule has 2 amide bonds. The molecule has 0 aromatic heterocycles. The van der Waals surface area contributed by atoms with Gasteiger partial charge in [-0.1, -0.05) is 18.4 Å². The van der Waals surface area contributed by atoms with Crippen LogP contribution in [0.3, 0.4) is 0 Å². The van der Waals surface area contributed by atoms with Gasteiger partial charge in [0.15, 0.2) is 0 Å². The number of aliphatic hydroxyl groups excluding tert-OH is 1. The Morgan fingerprint density at radius 3 is 2.25 bits per heavy atom. The normalized spacial score (nSPS) is 20.1. The smallest absolute Gasteiger partial charge is 0.408 e. The summed E-state index contributed by atoms with van der Waals surface area (Å²) in [5.41, 5.74) is -1.38. The lowest BCUT2D eigenvalue weighted by Gasteiger charge is -2.42. The van der Waals surface area contributed by atoms with Crippen molar-refractivity contribution in [3.8, 4) is 11.8 Å². The van der Waals surface area contributed by atoms with Gasteiger partial charge in [-0.15, -0.1) is 0 Å². The van der Waals surface area contributed by atoms with Crippen LogP contribution >= 0.6 is 0 Å². The summed E-state index contributed by atoms with van der Waals surface area (Å²) in [6.45, 7) is 12.0. The van der Waals surface area contributed by atoms with Crippen LogP contribution in [0.2, 0.25) is 0 Å². The summed E-state index contributed by atoms with van der Waals surface area (Å²) < 4.78 is 10.1. The van der Waals surface area contributed by atoms with Crippen LogP contribution in [0.25, 0.3) is 0 Å². The summed E-state index contributed by atoms with van der Waals surface area (Å²) in [5, 5.41) is 24.3. The van der Waals surface area contributed by atoms with Gasteiger partial charge in [0.2, 0.25) is 0 Å². The fourth-order valence-corrected chi connectivity index (χ4v) is 3.70. The first kappa shape index (κ1) is 28.9. The molecular formula is C27H36N2O7. The number of alkyl carbamates (subject to hydrolysis) is 1. The number of hydrogen-bond donors (Lipinski definition) is 4. The van der Waals surface area contributed by atoms with Gasteiger partial charge in [-0.3, -0.25) is 4.79 Å². The molecule has 196 valence electrons. The third-order valence-corrected chi connectivity index (χ3v) is 5.81. The third kappa shape index (κ3) is 7.83. The van der Waals surface area contributed by atoms with E-state index in [2.05, 4.69) is 29.1 Å². The van der Waals surface area contributed by atoms with Gasteiger partial charge < -0.3 is 30.3 Å². The number of benzene rings is 1. The number of ether oxygens (including phenoxy) is 2. The number of esters is 1. The molecule has 1 saturated carbocycles. The van der Waals surface area contributed by atoms with Crippen molar-refractivity contribution in [1.29, 1.82) is 0 Å². The fraction of sp³-hybridized carbons (Fsp3) is 0.519. The van der Waals surface area contributed by atoms with Crippen molar-refractivity contribution in [2.75, 3.05) is 13.7 Å². The van der Waals surface area contributed by atoms with E-state index in [1.807, 2.05) is 0 Å². The molecule has 1 fully saturated rings. The molecule has 2 rings (SSSR count). The van der Waals surface area contributed by atoms with Gasteiger partial charge in [-0.05, 0) is 83.2 Å². The molecule has 1 aromatic rings. The van der Waals surface area contributed by atoms with E-state index in [4.69, 9.17) is 14.6 Å². The monoisotopic (exact) mass is 500 g/mol. The topological polar surface area (TPSA) is 134 Å². The average molecular weight is 501 g/mol. The summed E-state index contributed by atoms with van der Waals surface area (Å²) >= 11 is 0. The molecule has 0 unspecified atom stereocenters. The molecular weight excluding hydrogens is 464 g/mol. The predicted molar refractivity (Wildman–Crippen MR) is 134 cm³/mol. The quantitative estimate of drug-likeness (QED) is 0.333. The predicted octanol–water partition coefficient (Wildman–Crippen LogP) is 2.30. The SMILES string of the molecule is C=C(C#Cc1ccc(C(=O)N[C@H](C(=O)OC)C(C)(C)NC(=O)OC(C)(C)C)cc1)[C@H]1C[C@@](O)(CO)C1. The molecule has 1 aliphatic carbocycles. The van der Waals surface area contributed by atoms with Crippen molar-refractivity contribution >= 4 is 18.0 Å². The maximum absolute atomic E-state index is 12.9. The van der Waals surface area contributed by atoms with Gasteiger partial charge in [0, 0.05) is 11.1 Å². The molecule has 0 radical (unpaired) electrons. The molecule has 4 N–H and O–H groups in total. The van der Waals surface area contributed by atoms with Crippen LogP contribution < -0.4 is 10.6 Å². The van der Waals surface area contributed by atoms with E-state index in [1.54, 1.807) is 58.9 Å². The number of amides is 2. The number of allylic oxidation sites excluding steroid dienone is 1. The lowest BCUT2D eigenvalue weighted by Crippen LogP contribution is -2.62. The lowest BCUT2D eigenvalue weighted by molar-refractivity contribution is -0.144. The minimum atomic E-state index is -1.22. The van der Waals surface area contributed by atoms with Crippen molar-refractivity contribution < 1.29 is 34.1 Å². The zero-order valence-corrected chi connectivity index (χ0v) is 21.7. The van der Waals surface area contributed by atoms with Crippen LogP contribution in [0.5, 0.6) is 0 Å². The van der Waals surface area contributed by atoms with Crippen molar-refractivity contribution in [3.63, 3.8) is 0 Å². The van der Waals surface area contributed by atoms with Gasteiger partial charge in [-0.25, -0.2) is 9.59 Å². The van der Waals surface area contributed by atoms with E-state index < -0.39 is 40.8 Å². The summed E-state index contributed by atoms with van der Waals surface area (Å²) in [6, 6.07) is 5.27. The minimum Gasteiger partial charge on any atom is -0.467 e. The van der Waals surface area contributed by atoms with Crippen molar-refractivity contribution in [1.82, 2.24) is 10.6 Å². The van der Waals surface area contributed by atoms with Crippen molar-refractivity contribution in [3.05, 3.63) is 47.5 Å². The van der Waals surface area contributed by atoms with Crippen molar-refractivity contribution in [2.45, 2.75) is 70.2 Å². The largest absolute Gasteiger partial charge is 0.467 e. The number of methoxy groups -OCH3 is 1. The Kier molecular flexibility index (Phi) is 8.94. The van der Waals surface area contributed by atoms with Gasteiger partial charge in [0.1, 0.15) is 11.6 Å². The molecule has 1 atom stereocenters. The number of carbonyl (C=O) groups is 3. The number of carbonyl (C=O) groups excluding carboxylic acids is 3. The van der Waals surface area contributed by atoms with E-state index in [9.17, 15) is 19.5 Å². The van der Waals surface area contributed by atoms with E-state index in [0.29, 0.717) is 24.0 Å². The number of nitrogens with one attached hydrogen (secondary N) is 2. The van der Waals surface area contributed by atoms with Gasteiger partial charge in [-0.2, -0.15) is 0 Å². The highest BCUT2D eigenvalue weighted by molar-refractivity contribution is 5.97. The molecule has 0 aliphatic heterocycles. The van der Waals surface area contributed by atoms with Crippen molar-refractivity contribution in [2.24, 2.45) is 5.92 Å². The molecule has 9 heteroatoms. The summed E-state index contributed by atoms with van der Waals surface area (Å²) in [4.78, 5) is 37.6. The van der Waals surface area contributed by atoms with Gasteiger partial charge >= 0.3 is 12.1 Å². The molecule has 9 nitrogen and oxygen atoms in total. The molecule has 0 heterocycles. The third-order valence-electron chi connectivity index (χ3n) is 5.81. The maximum Gasteiger partial charge on any atom is 0.408 e. The average Bonchev–Trinajstić information content (AvgIpc) is 2.76. The summed E-state index contributed by atoms with van der Waals surface area (Å²) in [5.74, 6) is 4.72. The number of aliphatic hydroxyl groups is 2. The van der Waals surface area contributed by atoms with E-state index >= 15 is 0 Å². The van der Waals surface area contributed by atoms with E-state index in [1.165, 1.54) is 7.11 Å². The van der Waals surface area contributed by atoms with Crippen LogP contribution in [-0.2, 0) is 14.3 Å². The Bertz CT molecular complexity index is 1050. The first-order valence-electron chi connectivity index (χ1n) is 11.6. The van der Waals surface area contributed by atoms with Gasteiger partial charge in [0.25, 0.3) is 5.91 Å². The number of rotatable bonds is 7. The van der Waals surface area contributed by atoms with Gasteiger partial charge in [0.05, 0.1) is 24.9 Å². The molecule has 0 spiro atoms. The number of hydrogen-bond acceptors (Lipinski definition) is 7. The highest BCUT2D eigenvalue weighted by atomic mass is 16.6. The maximum atomic E-state index is 12.9. The molecule has 0 saturated heterocycles. The van der Waals surface area contributed by atoms with Crippen LogP contribution in [0.4, 0.5) is 4.79 Å². The van der Waals surface area contributed by atoms with Crippen LogP contribution in [0.15, 0.2) is 36.4 Å². The standard InChI is InChI=1S/C27H36N2O7/c1-17(20-14-27(34,15-20)16-30)8-9-18-10-12-19(13-11-18)22(31)28-21(23(32)35-7)26(5,6)29-24(33)36-25(2,3)4/h10-13,20-21,30,34H,1,14-16H2,2-7H3,(H,28,31)(H,29,33)/t20-,21-,27-/m1/s1. The van der Waals surface area contributed by atoms with E-state index in [0.717, 1.165) is 0 Å². The Hall–Kier alpha value is -3.35. The molecule has 0 bridgehead atoms. The summed E-state index contributed by atoms with van der Waals surface area (Å²) in [7, 11) is 1.19. The van der Waals surface area contributed by atoms with Crippen LogP contribution in [0, 0.1) is 17.8 Å². The second-order valence-electron chi connectivity index (χ2n) is 10.6. The molecule has 36 heavy (non-hydrogen) atoms. The highest BCUT2D eigenvalue weighted by Crippen LogP contribution is 2.41. The zero-order valence-electron chi connectivity index (χ0n) is 21.7. The Morgan fingerprint density at radius 1 is 1.17 bits per heavy atom. The van der Waals surface area contributed by atoms with Crippen LogP contribution in [0.1, 0.15) is 63.4 Å². The highest BCUT2D eigenvalue weighted by Gasteiger charge is 2.43. The van der Waals surface area contributed by atoms with E-state index in [-0.39, 0.29) is 18.1 Å². The van der Waals surface area contributed by atoms with Crippen LogP contribution in [-0.4, -0.2) is 64.7 Å². The zero-order chi connectivity index (χ0) is 27.3. The fourth-order valence-electron chi connectivity index (χ4n) is 3.70. The Balaban J connectivity index is 2.07. The summed E-state index contributed by atoms with van der Waals surface area (Å²) in [6.07, 6.45) is 0.121. The first-order valence-corrected chi connectivity index (χ1v) is 11.6. The Labute approximate surface area is 212 Å². The molecule has 1 aliphatic rings. The first-order chi connectivity index (χ1) is 16.6. The second-order valence-corrected chi connectivity index (χ2v) is 10.6. The lowest BCUT2D eigenvalue weighted by atomic mass is 9.68. The molecule has 1 aromatic carbocycles. The minimum absolute atomic E-state index is 0.0348. The second kappa shape index (κ2) is 11.1.